The molecular weight excluding hydrogens is 660 g/mol. The third-order valence-corrected chi connectivity index (χ3v) is 11.0. The van der Waals surface area contributed by atoms with Crippen LogP contribution in [0.1, 0.15) is 60.1 Å². The predicted octanol–water partition coefficient (Wildman–Crippen LogP) is 7.88. The number of methoxy groups -OCH3 is 1. The van der Waals surface area contributed by atoms with Crippen molar-refractivity contribution in [2.75, 3.05) is 38.6 Å². The quantitative estimate of drug-likeness (QED) is 0.151. The first-order chi connectivity index (χ1) is 24.8. The number of aromatic nitrogens is 3. The van der Waals surface area contributed by atoms with Gasteiger partial charge in [-0.2, -0.15) is 4.98 Å². The summed E-state index contributed by atoms with van der Waals surface area (Å²) in [6, 6.07) is 18.8. The molecule has 2 aromatic carbocycles. The topological polar surface area (TPSA) is 95.9 Å². The molecule has 264 valence electrons. The maximum atomic E-state index is 9.98. The van der Waals surface area contributed by atoms with Crippen molar-refractivity contribution in [2.24, 2.45) is 5.92 Å². The van der Waals surface area contributed by atoms with Crippen LogP contribution >= 0.6 is 11.6 Å². The van der Waals surface area contributed by atoms with Crippen molar-refractivity contribution in [1.82, 2.24) is 24.8 Å². The Kier molecular flexibility index (Phi) is 9.55. The third kappa shape index (κ3) is 7.00. The highest BCUT2D eigenvalue weighted by molar-refractivity contribution is 6.36. The highest BCUT2D eigenvalue weighted by Crippen LogP contribution is 2.44. The van der Waals surface area contributed by atoms with Gasteiger partial charge in [0, 0.05) is 67.2 Å². The molecule has 3 aromatic heterocycles. The molecule has 0 saturated carbocycles. The summed E-state index contributed by atoms with van der Waals surface area (Å²) in [6.07, 6.45) is 7.15. The van der Waals surface area contributed by atoms with Gasteiger partial charge in [-0.3, -0.25) is 14.8 Å². The number of nitrogens with zero attached hydrogens (tertiary/aromatic N) is 5. The first kappa shape index (κ1) is 33.8. The molecule has 0 radical (unpaired) electrons. The van der Waals surface area contributed by atoms with Crippen LogP contribution in [0.2, 0.25) is 5.02 Å². The number of β-amino-alcohol motifs (C(OH)–C–C–N with tert-alkyl or cyclic N) is 1. The van der Waals surface area contributed by atoms with Crippen LogP contribution in [0.4, 0.5) is 11.5 Å². The molecule has 2 aliphatic heterocycles. The Morgan fingerprint density at radius 2 is 1.76 bits per heavy atom. The number of aryl methyl sites for hydroxylation is 1. The van der Waals surface area contributed by atoms with Gasteiger partial charge >= 0.3 is 0 Å². The van der Waals surface area contributed by atoms with Crippen molar-refractivity contribution in [2.45, 2.75) is 64.8 Å². The van der Waals surface area contributed by atoms with Crippen LogP contribution in [0.5, 0.6) is 11.8 Å². The van der Waals surface area contributed by atoms with Gasteiger partial charge in [0.1, 0.15) is 11.6 Å². The summed E-state index contributed by atoms with van der Waals surface area (Å²) in [6.45, 7) is 9.77. The summed E-state index contributed by atoms with van der Waals surface area (Å²) in [5.74, 6) is 2.58. The van der Waals surface area contributed by atoms with E-state index in [2.05, 4.69) is 63.4 Å². The number of aliphatic hydroxyl groups is 1. The number of aliphatic hydroxyl groups excluding tert-OH is 1. The van der Waals surface area contributed by atoms with E-state index in [9.17, 15) is 5.11 Å². The Hall–Kier alpha value is -4.28. The maximum absolute atomic E-state index is 9.98. The number of rotatable bonds is 10. The smallest absolute Gasteiger partial charge is 0.220 e. The average Bonchev–Trinajstić information content (AvgIpc) is 3.86. The molecule has 10 heteroatoms. The lowest BCUT2D eigenvalue weighted by Gasteiger charge is -2.20. The van der Waals surface area contributed by atoms with Crippen molar-refractivity contribution in [3.8, 4) is 22.9 Å². The Labute approximate surface area is 304 Å². The summed E-state index contributed by atoms with van der Waals surface area (Å²) < 4.78 is 12.3. The number of benzene rings is 2. The van der Waals surface area contributed by atoms with Crippen LogP contribution in [-0.2, 0) is 19.5 Å². The maximum Gasteiger partial charge on any atom is 0.220 e. The summed E-state index contributed by atoms with van der Waals surface area (Å²) in [4.78, 5) is 19.1. The zero-order valence-corrected chi connectivity index (χ0v) is 30.3. The molecule has 2 fully saturated rings. The van der Waals surface area contributed by atoms with Gasteiger partial charge in [-0.15, -0.1) is 0 Å². The van der Waals surface area contributed by atoms with Crippen LogP contribution in [-0.4, -0.2) is 69.3 Å². The van der Waals surface area contributed by atoms with Crippen LogP contribution in [0, 0.1) is 12.8 Å². The van der Waals surface area contributed by atoms with Gasteiger partial charge in [0.2, 0.25) is 11.8 Å². The van der Waals surface area contributed by atoms with Gasteiger partial charge in [0.15, 0.2) is 5.82 Å². The molecule has 0 unspecified atom stereocenters. The van der Waals surface area contributed by atoms with Gasteiger partial charge < -0.3 is 19.9 Å². The Morgan fingerprint density at radius 1 is 0.941 bits per heavy atom. The monoisotopic (exact) mass is 704 g/mol. The molecule has 3 atom stereocenters. The fraction of sp³-hybridized carbons (Fsp3) is 0.390. The van der Waals surface area contributed by atoms with Crippen molar-refractivity contribution in [1.29, 1.82) is 0 Å². The normalized spacial score (nSPS) is 20.6. The van der Waals surface area contributed by atoms with Gasteiger partial charge in [0.05, 0.1) is 23.9 Å². The second-order valence-electron chi connectivity index (χ2n) is 14.5. The van der Waals surface area contributed by atoms with Crippen LogP contribution in [0.25, 0.3) is 22.0 Å². The Morgan fingerprint density at radius 3 is 2.57 bits per heavy atom. The minimum absolute atomic E-state index is 0.139. The summed E-state index contributed by atoms with van der Waals surface area (Å²) in [5, 5.41) is 15.2. The van der Waals surface area contributed by atoms with E-state index in [0.29, 0.717) is 35.7 Å². The minimum Gasteiger partial charge on any atom is -0.481 e. The minimum atomic E-state index is -0.269. The Bertz CT molecular complexity index is 2070. The van der Waals surface area contributed by atoms with Crippen LogP contribution in [0.15, 0.2) is 67.0 Å². The van der Waals surface area contributed by atoms with E-state index >= 15 is 0 Å². The number of fused-ring (bicyclic) bond motifs is 2. The lowest BCUT2D eigenvalue weighted by Crippen LogP contribution is -2.22. The zero-order chi connectivity index (χ0) is 35.1. The van der Waals surface area contributed by atoms with Gasteiger partial charge in [0.25, 0.3) is 0 Å². The van der Waals surface area contributed by atoms with E-state index in [1.807, 2.05) is 37.5 Å². The van der Waals surface area contributed by atoms with E-state index in [-0.39, 0.29) is 12.2 Å². The first-order valence-electron chi connectivity index (χ1n) is 18.1. The largest absolute Gasteiger partial charge is 0.481 e. The standard InChI is InChI=1S/C41H45ClN6O3/c1-25-13-16-47(21-25)22-27-19-28-12-15-43-39(38(28)44-20-27)45-35-9-5-8-34(37(35)42)31-6-4-7-33-32(31)10-11-36(33)51-40-26(2)18-29(41(46-40)50-3)23-48-17-14-30(49)24-48/h4-9,12,15,18-20,25,30,36,49H,10-11,13-14,16-17,21-24H2,1-3H3,(H,43,45)/t25-,30-,36-/m1/s1. The molecule has 0 bridgehead atoms. The van der Waals surface area contributed by atoms with Crippen molar-refractivity contribution in [3.63, 3.8) is 0 Å². The summed E-state index contributed by atoms with van der Waals surface area (Å²) >= 11 is 7.19. The number of ether oxygens (including phenoxy) is 2. The molecule has 1 aliphatic carbocycles. The molecule has 5 heterocycles. The van der Waals surface area contributed by atoms with E-state index < -0.39 is 0 Å². The van der Waals surface area contributed by atoms with Crippen molar-refractivity contribution < 1.29 is 14.6 Å². The van der Waals surface area contributed by atoms with Crippen LogP contribution in [0.3, 0.4) is 0 Å². The van der Waals surface area contributed by atoms with E-state index in [1.54, 1.807) is 7.11 Å². The zero-order valence-electron chi connectivity index (χ0n) is 29.5. The molecule has 0 spiro atoms. The molecule has 8 rings (SSSR count). The number of pyridine rings is 3. The molecular formula is C41H45ClN6O3. The summed E-state index contributed by atoms with van der Waals surface area (Å²) in [5.41, 5.74) is 9.23. The van der Waals surface area contributed by atoms with E-state index in [4.69, 9.17) is 31.0 Å². The molecule has 5 aromatic rings. The van der Waals surface area contributed by atoms with Gasteiger partial charge in [-0.25, -0.2) is 4.98 Å². The molecule has 9 nitrogen and oxygen atoms in total. The molecule has 2 saturated heterocycles. The number of anilines is 2. The third-order valence-electron chi connectivity index (χ3n) is 10.6. The molecule has 0 amide bonds. The highest BCUT2D eigenvalue weighted by Gasteiger charge is 2.29. The fourth-order valence-corrected chi connectivity index (χ4v) is 8.32. The lowest BCUT2D eigenvalue weighted by atomic mass is 9.96. The molecule has 2 N–H and O–H groups in total. The number of hydrogen-bond acceptors (Lipinski definition) is 9. The molecule has 3 aliphatic rings. The number of halogens is 1. The summed E-state index contributed by atoms with van der Waals surface area (Å²) in [7, 11) is 1.65. The van der Waals surface area contributed by atoms with E-state index in [0.717, 1.165) is 95.8 Å². The lowest BCUT2D eigenvalue weighted by molar-refractivity contribution is 0.174. The highest BCUT2D eigenvalue weighted by atomic mass is 35.5. The number of hydrogen-bond donors (Lipinski definition) is 2. The Balaban J connectivity index is 1.02. The number of nitrogens with one attached hydrogen (secondary N) is 1. The average molecular weight is 705 g/mol. The van der Waals surface area contributed by atoms with E-state index in [1.165, 1.54) is 17.5 Å². The second-order valence-corrected chi connectivity index (χ2v) is 14.8. The number of likely N-dealkylation sites (tertiary alicyclic amines) is 2. The van der Waals surface area contributed by atoms with Crippen LogP contribution < -0.4 is 14.8 Å². The first-order valence-corrected chi connectivity index (χ1v) is 18.5. The van der Waals surface area contributed by atoms with Crippen molar-refractivity contribution in [3.05, 3.63) is 99.8 Å². The van der Waals surface area contributed by atoms with Gasteiger partial charge in [-0.05, 0) is 91.6 Å². The fourth-order valence-electron chi connectivity index (χ4n) is 8.04. The second kappa shape index (κ2) is 14.4. The SMILES string of the molecule is COc1nc(O[C@@H]2CCc3c(-c4cccc(Nc5nccc6cc(CN7CC[C@@H](C)C7)cnc56)c4Cl)cccc32)c(C)cc1CN1CC[C@@H](O)C1. The predicted molar refractivity (Wildman–Crippen MR) is 202 cm³/mol. The molecule has 51 heavy (non-hydrogen) atoms. The van der Waals surface area contributed by atoms with Crippen molar-refractivity contribution >= 4 is 34.0 Å². The van der Waals surface area contributed by atoms with Gasteiger partial charge in [-0.1, -0.05) is 48.9 Å².